The standard InChI is InChI=1S/C18H20ClN3O3S/c1-11-14(19)3-2-4-15(11)22-8-7-20-18(22)26-10-16(23)21-13-6-5-12(9-13)17(24)25/h2-4,7-8,12-13H,5-6,9-10H2,1H3,(H,21,23)(H,24,25)/t12-,13+/m1/s1. The number of nitrogens with one attached hydrogen (secondary N) is 1. The van der Waals surface area contributed by atoms with Crippen molar-refractivity contribution in [2.75, 3.05) is 5.75 Å². The second-order valence-electron chi connectivity index (χ2n) is 6.37. The van der Waals surface area contributed by atoms with Crippen LogP contribution in [0.4, 0.5) is 0 Å². The first-order valence-corrected chi connectivity index (χ1v) is 9.76. The summed E-state index contributed by atoms with van der Waals surface area (Å²) in [5.41, 5.74) is 1.88. The fourth-order valence-corrected chi connectivity index (χ4v) is 4.12. The Morgan fingerprint density at radius 2 is 2.23 bits per heavy atom. The predicted octanol–water partition coefficient (Wildman–Crippen LogP) is 3.30. The lowest BCUT2D eigenvalue weighted by atomic mass is 10.1. The summed E-state index contributed by atoms with van der Waals surface area (Å²) < 4.78 is 1.91. The number of hydrogen-bond donors (Lipinski definition) is 2. The Morgan fingerprint density at radius 3 is 2.96 bits per heavy atom. The maximum Gasteiger partial charge on any atom is 0.306 e. The third-order valence-electron chi connectivity index (χ3n) is 4.58. The molecule has 8 heteroatoms. The second-order valence-corrected chi connectivity index (χ2v) is 7.71. The number of carboxylic acids is 1. The highest BCUT2D eigenvalue weighted by Gasteiger charge is 2.30. The van der Waals surface area contributed by atoms with E-state index in [2.05, 4.69) is 10.3 Å². The van der Waals surface area contributed by atoms with Crippen LogP contribution in [0.3, 0.4) is 0 Å². The molecule has 1 aromatic heterocycles. The first-order chi connectivity index (χ1) is 12.5. The van der Waals surface area contributed by atoms with E-state index in [4.69, 9.17) is 16.7 Å². The molecular weight excluding hydrogens is 374 g/mol. The molecule has 1 aliphatic rings. The maximum atomic E-state index is 12.2. The number of aliphatic carboxylic acids is 1. The van der Waals surface area contributed by atoms with Gasteiger partial charge in [0.2, 0.25) is 5.91 Å². The van der Waals surface area contributed by atoms with Crippen LogP contribution in [0.1, 0.15) is 24.8 Å². The van der Waals surface area contributed by atoms with E-state index in [1.807, 2.05) is 35.9 Å². The van der Waals surface area contributed by atoms with E-state index in [0.717, 1.165) is 11.3 Å². The van der Waals surface area contributed by atoms with Gasteiger partial charge in [0.05, 0.1) is 17.4 Å². The quantitative estimate of drug-likeness (QED) is 0.735. The van der Waals surface area contributed by atoms with Crippen molar-refractivity contribution in [2.45, 2.75) is 37.4 Å². The van der Waals surface area contributed by atoms with Crippen molar-refractivity contribution in [3.05, 3.63) is 41.2 Å². The molecule has 2 atom stereocenters. The van der Waals surface area contributed by atoms with Crippen molar-refractivity contribution in [3.63, 3.8) is 0 Å². The van der Waals surface area contributed by atoms with E-state index in [0.29, 0.717) is 29.4 Å². The second kappa shape index (κ2) is 8.14. The Labute approximate surface area is 160 Å². The molecule has 1 amide bonds. The average Bonchev–Trinajstić information content (AvgIpc) is 3.25. The van der Waals surface area contributed by atoms with Crippen molar-refractivity contribution < 1.29 is 14.7 Å². The van der Waals surface area contributed by atoms with Crippen molar-refractivity contribution in [3.8, 4) is 5.69 Å². The maximum absolute atomic E-state index is 12.2. The fraction of sp³-hybridized carbons (Fsp3) is 0.389. The van der Waals surface area contributed by atoms with Crippen LogP contribution in [0.5, 0.6) is 0 Å². The number of carboxylic acid groups (broad SMARTS) is 1. The van der Waals surface area contributed by atoms with Gasteiger partial charge in [0.25, 0.3) is 0 Å². The van der Waals surface area contributed by atoms with Crippen LogP contribution in [0.15, 0.2) is 35.7 Å². The van der Waals surface area contributed by atoms with E-state index in [1.54, 1.807) is 6.20 Å². The highest BCUT2D eigenvalue weighted by atomic mass is 35.5. The van der Waals surface area contributed by atoms with E-state index in [-0.39, 0.29) is 23.6 Å². The van der Waals surface area contributed by atoms with Gasteiger partial charge in [-0.05, 0) is 43.9 Å². The van der Waals surface area contributed by atoms with Crippen molar-refractivity contribution >= 4 is 35.2 Å². The van der Waals surface area contributed by atoms with E-state index < -0.39 is 5.97 Å². The summed E-state index contributed by atoms with van der Waals surface area (Å²) in [6.45, 7) is 1.94. The summed E-state index contributed by atoms with van der Waals surface area (Å²) in [6, 6.07) is 5.62. The van der Waals surface area contributed by atoms with Crippen LogP contribution in [0.25, 0.3) is 5.69 Å². The Bertz CT molecular complexity index is 824. The number of nitrogens with zero attached hydrogens (tertiary/aromatic N) is 2. The lowest BCUT2D eigenvalue weighted by Crippen LogP contribution is -2.34. The molecule has 0 spiro atoms. The van der Waals surface area contributed by atoms with Crippen molar-refractivity contribution in [1.29, 1.82) is 0 Å². The number of carbonyl (C=O) groups excluding carboxylic acids is 1. The van der Waals surface area contributed by atoms with Gasteiger partial charge in [-0.1, -0.05) is 29.4 Å². The normalized spacial score (nSPS) is 19.5. The number of benzene rings is 1. The molecule has 0 unspecified atom stereocenters. The zero-order chi connectivity index (χ0) is 18.7. The third kappa shape index (κ3) is 4.22. The van der Waals surface area contributed by atoms with Gasteiger partial charge < -0.3 is 10.4 Å². The molecule has 1 aliphatic carbocycles. The minimum atomic E-state index is -0.782. The minimum absolute atomic E-state index is 0.0564. The molecule has 1 aromatic carbocycles. The number of aromatic nitrogens is 2. The Balaban J connectivity index is 1.59. The molecule has 0 bridgehead atoms. The molecule has 1 heterocycles. The zero-order valence-corrected chi connectivity index (χ0v) is 15.9. The molecule has 0 saturated heterocycles. The molecule has 6 nitrogen and oxygen atoms in total. The SMILES string of the molecule is Cc1c(Cl)cccc1-n1ccnc1SCC(=O)N[C@H]1CC[C@@H](C(=O)O)C1. The summed E-state index contributed by atoms with van der Waals surface area (Å²) in [5, 5.41) is 13.3. The molecule has 138 valence electrons. The van der Waals surface area contributed by atoms with Gasteiger partial charge in [-0.2, -0.15) is 0 Å². The van der Waals surface area contributed by atoms with Crippen LogP contribution in [0.2, 0.25) is 5.02 Å². The van der Waals surface area contributed by atoms with Gasteiger partial charge in [-0.25, -0.2) is 4.98 Å². The smallest absolute Gasteiger partial charge is 0.306 e. The monoisotopic (exact) mass is 393 g/mol. The van der Waals surface area contributed by atoms with Crippen LogP contribution in [-0.4, -0.2) is 38.3 Å². The Kier molecular flexibility index (Phi) is 5.88. The van der Waals surface area contributed by atoms with Crippen LogP contribution in [-0.2, 0) is 9.59 Å². The number of imidazole rings is 1. The number of rotatable bonds is 6. The van der Waals surface area contributed by atoms with Gasteiger partial charge in [0.15, 0.2) is 5.16 Å². The van der Waals surface area contributed by atoms with Gasteiger partial charge >= 0.3 is 5.97 Å². The number of amides is 1. The highest BCUT2D eigenvalue weighted by molar-refractivity contribution is 7.99. The number of carbonyl (C=O) groups is 2. The Hall–Kier alpha value is -1.99. The number of halogens is 1. The predicted molar refractivity (Wildman–Crippen MR) is 101 cm³/mol. The minimum Gasteiger partial charge on any atom is -0.481 e. The van der Waals surface area contributed by atoms with Crippen LogP contribution >= 0.6 is 23.4 Å². The molecule has 2 N–H and O–H groups in total. The summed E-state index contributed by atoms with van der Waals surface area (Å²) in [6.07, 6.45) is 5.36. The van der Waals surface area contributed by atoms with Gasteiger partial charge in [0.1, 0.15) is 0 Å². The van der Waals surface area contributed by atoms with Crippen LogP contribution < -0.4 is 5.32 Å². The summed E-state index contributed by atoms with van der Waals surface area (Å²) in [5.74, 6) is -1.01. The molecule has 1 saturated carbocycles. The average molecular weight is 394 g/mol. The van der Waals surface area contributed by atoms with Crippen molar-refractivity contribution in [2.24, 2.45) is 5.92 Å². The topological polar surface area (TPSA) is 84.2 Å². The molecule has 2 aromatic rings. The third-order valence-corrected chi connectivity index (χ3v) is 5.96. The molecule has 0 aliphatic heterocycles. The zero-order valence-electron chi connectivity index (χ0n) is 14.3. The molecule has 3 rings (SSSR count). The van der Waals surface area contributed by atoms with E-state index in [1.165, 1.54) is 11.8 Å². The fourth-order valence-electron chi connectivity index (χ4n) is 3.17. The molecular formula is C18H20ClN3O3S. The number of hydrogen-bond acceptors (Lipinski definition) is 4. The summed E-state index contributed by atoms with van der Waals surface area (Å²) in [4.78, 5) is 27.5. The first kappa shape index (κ1) is 18.8. The molecule has 1 fully saturated rings. The number of thioether (sulfide) groups is 1. The lowest BCUT2D eigenvalue weighted by Gasteiger charge is -2.13. The Morgan fingerprint density at radius 1 is 1.42 bits per heavy atom. The molecule has 26 heavy (non-hydrogen) atoms. The summed E-state index contributed by atoms with van der Waals surface area (Å²) in [7, 11) is 0. The van der Waals surface area contributed by atoms with E-state index >= 15 is 0 Å². The largest absolute Gasteiger partial charge is 0.481 e. The van der Waals surface area contributed by atoms with Crippen LogP contribution in [0, 0.1) is 12.8 Å². The van der Waals surface area contributed by atoms with Gasteiger partial charge in [0, 0.05) is 23.5 Å². The highest BCUT2D eigenvalue weighted by Crippen LogP contribution is 2.28. The molecule has 0 radical (unpaired) electrons. The first-order valence-electron chi connectivity index (χ1n) is 8.39. The van der Waals surface area contributed by atoms with E-state index in [9.17, 15) is 9.59 Å². The van der Waals surface area contributed by atoms with Gasteiger partial charge in [-0.3, -0.25) is 14.2 Å². The van der Waals surface area contributed by atoms with Gasteiger partial charge in [-0.15, -0.1) is 0 Å². The lowest BCUT2D eigenvalue weighted by molar-refractivity contribution is -0.141. The summed E-state index contributed by atoms with van der Waals surface area (Å²) >= 11 is 7.54. The van der Waals surface area contributed by atoms with Crippen molar-refractivity contribution in [1.82, 2.24) is 14.9 Å².